The summed E-state index contributed by atoms with van der Waals surface area (Å²) >= 11 is 0. The quantitative estimate of drug-likeness (QED) is 0.555. The van der Waals surface area contributed by atoms with Crippen molar-refractivity contribution in [1.82, 2.24) is 0 Å². The maximum atomic E-state index is 4.02. The van der Waals surface area contributed by atoms with Crippen LogP contribution >= 0.6 is 0 Å². The van der Waals surface area contributed by atoms with Gasteiger partial charge in [0.1, 0.15) is 0 Å². The molecule has 0 aliphatic heterocycles. The molecule has 0 bridgehead atoms. The van der Waals surface area contributed by atoms with Gasteiger partial charge in [-0.25, -0.2) is 0 Å². The maximum Gasteiger partial charge on any atom is 0.0266 e. The lowest BCUT2D eigenvalue weighted by Gasteiger charge is -2.27. The summed E-state index contributed by atoms with van der Waals surface area (Å²) in [7, 11) is 1.03. The number of benzene rings is 2. The molecule has 0 radical (unpaired) electrons. The minimum Gasteiger partial charge on any atom is -0.102 e. The van der Waals surface area contributed by atoms with Crippen LogP contribution in [0.5, 0.6) is 0 Å². The van der Waals surface area contributed by atoms with E-state index in [1.54, 1.807) is 0 Å². The van der Waals surface area contributed by atoms with E-state index >= 15 is 0 Å². The van der Waals surface area contributed by atoms with Crippen LogP contribution in [0.4, 0.5) is 0 Å². The molecule has 0 unspecified atom stereocenters. The van der Waals surface area contributed by atoms with Gasteiger partial charge in [0.15, 0.2) is 0 Å². The van der Waals surface area contributed by atoms with Crippen molar-refractivity contribution in [3.8, 4) is 0 Å². The fourth-order valence-corrected chi connectivity index (χ4v) is 2.64. The summed E-state index contributed by atoms with van der Waals surface area (Å²) in [5.74, 6) is 0. The number of rotatable bonds is 3. The molecule has 0 saturated carbocycles. The summed E-state index contributed by atoms with van der Waals surface area (Å²) in [6.07, 6.45) is 2.07. The molecule has 2 aromatic carbocycles. The Hall–Kier alpha value is -1.60. The maximum absolute atomic E-state index is 4.02. The first-order valence-corrected chi connectivity index (χ1v) is 6.52. The molecule has 0 heterocycles. The molecule has 80 valence electrons. The van der Waals surface area contributed by atoms with Crippen molar-refractivity contribution in [2.45, 2.75) is 5.04 Å². The Labute approximate surface area is 100 Å². The second-order valence-electron chi connectivity index (χ2n) is 4.14. The van der Waals surface area contributed by atoms with Crippen molar-refractivity contribution in [3.63, 3.8) is 0 Å². The smallest absolute Gasteiger partial charge is 0.0266 e. The molecule has 2 aromatic rings. The lowest BCUT2D eigenvalue weighted by atomic mass is 9.90. The van der Waals surface area contributed by atoms with E-state index in [0.29, 0.717) is 0 Å². The third-order valence-electron chi connectivity index (χ3n) is 3.16. The van der Waals surface area contributed by atoms with Crippen LogP contribution in [0.15, 0.2) is 73.3 Å². The summed E-state index contributed by atoms with van der Waals surface area (Å²) in [5.41, 5.74) is 2.67. The van der Waals surface area contributed by atoms with Crippen LogP contribution in [0.25, 0.3) is 0 Å². The van der Waals surface area contributed by atoms with Gasteiger partial charge >= 0.3 is 0 Å². The predicted molar refractivity (Wildman–Crippen MR) is 73.8 cm³/mol. The van der Waals surface area contributed by atoms with Crippen molar-refractivity contribution in [3.05, 3.63) is 84.4 Å². The molecule has 0 aromatic heterocycles. The minimum absolute atomic E-state index is 0.0303. The average molecular weight is 224 g/mol. The van der Waals surface area contributed by atoms with Crippen molar-refractivity contribution < 1.29 is 0 Å². The summed E-state index contributed by atoms with van der Waals surface area (Å²) in [4.78, 5) is 0. The number of allylic oxidation sites excluding steroid dienone is 1. The molecule has 16 heavy (non-hydrogen) atoms. The van der Waals surface area contributed by atoms with Crippen molar-refractivity contribution in [2.75, 3.05) is 0 Å². The molecule has 0 aliphatic carbocycles. The van der Waals surface area contributed by atoms with Gasteiger partial charge in [-0.2, -0.15) is 0 Å². The van der Waals surface area contributed by atoms with Gasteiger partial charge in [0.2, 0.25) is 0 Å². The van der Waals surface area contributed by atoms with Crippen LogP contribution in [0, 0.1) is 0 Å². The number of hydrogen-bond donors (Lipinski definition) is 0. The van der Waals surface area contributed by atoms with E-state index < -0.39 is 0 Å². The second kappa shape index (κ2) is 4.50. The van der Waals surface area contributed by atoms with Gasteiger partial charge < -0.3 is 0 Å². The third-order valence-corrected chi connectivity index (χ3v) is 4.72. The van der Waals surface area contributed by atoms with Crippen molar-refractivity contribution >= 4 is 10.2 Å². The zero-order valence-corrected chi connectivity index (χ0v) is 11.6. The third kappa shape index (κ3) is 1.86. The topological polar surface area (TPSA) is 0 Å². The highest BCUT2D eigenvalue weighted by atomic mass is 28.1. The van der Waals surface area contributed by atoms with E-state index in [1.807, 2.05) is 0 Å². The van der Waals surface area contributed by atoms with Crippen LogP contribution in [0.1, 0.15) is 11.1 Å². The van der Waals surface area contributed by atoms with Gasteiger partial charge in [-0.15, -0.1) is 6.58 Å². The molecule has 0 spiro atoms. The molecule has 0 amide bonds. The van der Waals surface area contributed by atoms with Crippen LogP contribution < -0.4 is 0 Å². The molecule has 2 rings (SSSR count). The normalized spacial score (nSPS) is 11.2. The van der Waals surface area contributed by atoms with E-state index in [0.717, 1.165) is 10.2 Å². The Kier molecular flexibility index (Phi) is 3.06. The predicted octanol–water partition coefficient (Wildman–Crippen LogP) is 2.48. The van der Waals surface area contributed by atoms with Crippen LogP contribution in [0.2, 0.25) is 0 Å². The molecule has 0 fully saturated rings. The minimum atomic E-state index is 0.0303. The largest absolute Gasteiger partial charge is 0.102 e. The van der Waals surface area contributed by atoms with E-state index in [2.05, 4.69) is 73.3 Å². The SMILES string of the molecule is C=CC([SiH3])(c1ccccc1)c1ccccc1. The fraction of sp³-hybridized carbons (Fsp3) is 0.0667. The van der Waals surface area contributed by atoms with Crippen LogP contribution in [-0.4, -0.2) is 10.2 Å². The molecule has 0 aliphatic rings. The zero-order valence-electron chi connectivity index (χ0n) is 9.56. The lowest BCUT2D eigenvalue weighted by Crippen LogP contribution is -2.24. The monoisotopic (exact) mass is 224 g/mol. The summed E-state index contributed by atoms with van der Waals surface area (Å²) in [6.45, 7) is 4.02. The highest BCUT2D eigenvalue weighted by Gasteiger charge is 2.24. The summed E-state index contributed by atoms with van der Waals surface area (Å²) in [6, 6.07) is 21.2. The van der Waals surface area contributed by atoms with E-state index in [1.165, 1.54) is 11.1 Å². The van der Waals surface area contributed by atoms with Gasteiger partial charge in [-0.1, -0.05) is 66.7 Å². The highest BCUT2D eigenvalue weighted by Crippen LogP contribution is 2.29. The van der Waals surface area contributed by atoms with E-state index in [4.69, 9.17) is 0 Å². The molecule has 0 nitrogen and oxygen atoms in total. The Morgan fingerprint density at radius 3 is 1.50 bits per heavy atom. The highest BCUT2D eigenvalue weighted by molar-refractivity contribution is 6.19. The van der Waals surface area contributed by atoms with Crippen LogP contribution in [-0.2, 0) is 5.04 Å². The molecule has 0 atom stereocenters. The van der Waals surface area contributed by atoms with Gasteiger partial charge in [0.05, 0.1) is 0 Å². The second-order valence-corrected chi connectivity index (χ2v) is 5.72. The molecular weight excluding hydrogens is 208 g/mol. The van der Waals surface area contributed by atoms with Gasteiger partial charge in [0, 0.05) is 15.3 Å². The Bertz CT molecular complexity index is 420. The zero-order chi connectivity index (χ0) is 11.4. The standard InChI is InChI=1S/C15H16Si/c1-2-15(16,13-9-5-3-6-10-13)14-11-7-4-8-12-14/h2-12H,1H2,16H3. The lowest BCUT2D eigenvalue weighted by molar-refractivity contribution is 0.924. The van der Waals surface area contributed by atoms with Gasteiger partial charge in [0.25, 0.3) is 0 Å². The first-order valence-electron chi connectivity index (χ1n) is 5.52. The van der Waals surface area contributed by atoms with Crippen molar-refractivity contribution in [1.29, 1.82) is 0 Å². The average Bonchev–Trinajstić information content (AvgIpc) is 2.40. The van der Waals surface area contributed by atoms with E-state index in [9.17, 15) is 0 Å². The van der Waals surface area contributed by atoms with Crippen LogP contribution in [0.3, 0.4) is 0 Å². The molecule has 0 N–H and O–H groups in total. The number of hydrogen-bond acceptors (Lipinski definition) is 0. The first kappa shape index (κ1) is 10.9. The summed E-state index contributed by atoms with van der Waals surface area (Å²) in [5, 5.41) is 0.0303. The van der Waals surface area contributed by atoms with Crippen molar-refractivity contribution in [2.24, 2.45) is 0 Å². The molecule has 0 saturated heterocycles. The van der Waals surface area contributed by atoms with E-state index in [-0.39, 0.29) is 5.04 Å². The Morgan fingerprint density at radius 1 is 0.812 bits per heavy atom. The van der Waals surface area contributed by atoms with Gasteiger partial charge in [-0.3, -0.25) is 0 Å². The first-order chi connectivity index (χ1) is 7.77. The summed E-state index contributed by atoms with van der Waals surface area (Å²) < 4.78 is 0. The van der Waals surface area contributed by atoms with Gasteiger partial charge in [-0.05, 0) is 11.1 Å². The molecular formula is C15H16Si. The molecule has 1 heteroatoms. The Balaban J connectivity index is 2.53. The Morgan fingerprint density at radius 2 is 1.19 bits per heavy atom. The fourth-order valence-electron chi connectivity index (χ4n) is 1.97.